The molecule has 0 aliphatic rings. The highest BCUT2D eigenvalue weighted by Gasteiger charge is 2.21. The molecular formula is C48H37N4+. The van der Waals surface area contributed by atoms with Crippen LogP contribution in [0.4, 0.5) is 0 Å². The van der Waals surface area contributed by atoms with Crippen molar-refractivity contribution in [3.05, 3.63) is 158 Å². The molecule has 8 aromatic carbocycles. The highest BCUT2D eigenvalue weighted by molar-refractivity contribution is 6.23. The molecule has 4 nitrogen and oxygen atoms in total. The van der Waals surface area contributed by atoms with E-state index in [2.05, 4.69) is 194 Å². The molecular weight excluding hydrogens is 633 g/mol. The molecule has 0 unspecified atom stereocenters. The molecule has 10 rings (SSSR count). The zero-order valence-corrected chi connectivity index (χ0v) is 29.7. The van der Waals surface area contributed by atoms with Crippen LogP contribution in [0.3, 0.4) is 0 Å². The van der Waals surface area contributed by atoms with Gasteiger partial charge in [-0.25, -0.2) is 4.98 Å². The van der Waals surface area contributed by atoms with Crippen molar-refractivity contribution in [1.82, 2.24) is 14.2 Å². The Kier molecular flexibility index (Phi) is 6.71. The second-order valence-electron chi connectivity index (χ2n) is 14.0. The molecule has 0 atom stereocenters. The van der Waals surface area contributed by atoms with Crippen LogP contribution in [0, 0.1) is 6.92 Å². The zero-order chi connectivity index (χ0) is 35.1. The summed E-state index contributed by atoms with van der Waals surface area (Å²) in [4.78, 5) is 4.81. The SMILES string of the molecule is Cc1nc2ccc(-c3cccc4c(-c5c(-c6ccccc6)ccc6ccccc56)c5cccc(-c6ccc7c[n+](C)n(C)c7c6)c5cc34)cc2n1C. The first-order chi connectivity index (χ1) is 25.4. The molecule has 52 heavy (non-hydrogen) atoms. The van der Waals surface area contributed by atoms with Crippen molar-refractivity contribution in [2.75, 3.05) is 0 Å². The van der Waals surface area contributed by atoms with E-state index >= 15 is 0 Å². The molecule has 0 aliphatic carbocycles. The second-order valence-corrected chi connectivity index (χ2v) is 14.0. The van der Waals surface area contributed by atoms with E-state index in [0.717, 1.165) is 16.9 Å². The summed E-state index contributed by atoms with van der Waals surface area (Å²) >= 11 is 0. The van der Waals surface area contributed by atoms with Gasteiger partial charge in [-0.2, -0.15) is 4.68 Å². The molecule has 0 aliphatic heterocycles. The Balaban J connectivity index is 1.37. The summed E-state index contributed by atoms with van der Waals surface area (Å²) in [7, 11) is 6.32. The average Bonchev–Trinajstić information content (AvgIpc) is 3.64. The van der Waals surface area contributed by atoms with Gasteiger partial charge in [0, 0.05) is 7.05 Å². The van der Waals surface area contributed by atoms with Crippen molar-refractivity contribution in [1.29, 1.82) is 0 Å². The third kappa shape index (κ3) is 4.54. The fraction of sp³-hybridized carbons (Fsp3) is 0.0833. The van der Waals surface area contributed by atoms with Gasteiger partial charge in [-0.05, 0) is 114 Å². The highest BCUT2D eigenvalue weighted by Crippen LogP contribution is 2.48. The monoisotopic (exact) mass is 669 g/mol. The summed E-state index contributed by atoms with van der Waals surface area (Å²) in [5, 5.41) is 8.65. The number of hydrogen-bond donors (Lipinski definition) is 0. The molecule has 10 aromatic rings. The van der Waals surface area contributed by atoms with Crippen LogP contribution in [0.5, 0.6) is 0 Å². The van der Waals surface area contributed by atoms with Crippen molar-refractivity contribution in [3.8, 4) is 44.5 Å². The molecule has 0 amide bonds. The number of fused-ring (bicyclic) bond motifs is 5. The van der Waals surface area contributed by atoms with Crippen LogP contribution in [-0.4, -0.2) is 14.2 Å². The Labute approximate surface area is 302 Å². The van der Waals surface area contributed by atoms with Gasteiger partial charge in [0.05, 0.1) is 23.5 Å². The van der Waals surface area contributed by atoms with Gasteiger partial charge in [0.15, 0.2) is 7.05 Å². The molecule has 0 saturated heterocycles. The van der Waals surface area contributed by atoms with Crippen molar-refractivity contribution < 1.29 is 4.68 Å². The Morgan fingerprint density at radius 3 is 1.87 bits per heavy atom. The topological polar surface area (TPSA) is 26.6 Å². The quantitative estimate of drug-likeness (QED) is 0.135. The maximum absolute atomic E-state index is 4.81. The van der Waals surface area contributed by atoms with E-state index in [-0.39, 0.29) is 0 Å². The number of aryl methyl sites for hydroxylation is 4. The van der Waals surface area contributed by atoms with Crippen molar-refractivity contribution in [2.45, 2.75) is 6.92 Å². The molecule has 0 N–H and O–H groups in total. The maximum Gasteiger partial charge on any atom is 0.203 e. The summed E-state index contributed by atoms with van der Waals surface area (Å²) in [6.07, 6.45) is 2.19. The predicted octanol–water partition coefficient (Wildman–Crippen LogP) is 11.3. The van der Waals surface area contributed by atoms with Gasteiger partial charge in [-0.15, -0.1) is 4.68 Å². The number of aromatic nitrogens is 4. The van der Waals surface area contributed by atoms with Gasteiger partial charge in [-0.1, -0.05) is 115 Å². The normalized spacial score (nSPS) is 11.8. The average molecular weight is 670 g/mol. The van der Waals surface area contributed by atoms with Crippen LogP contribution in [-0.2, 0) is 21.1 Å². The Hall–Kier alpha value is -6.52. The lowest BCUT2D eigenvalue weighted by atomic mass is 9.82. The summed E-state index contributed by atoms with van der Waals surface area (Å²) in [5.74, 6) is 1.01. The first-order valence-electron chi connectivity index (χ1n) is 17.9. The molecule has 2 aromatic heterocycles. The van der Waals surface area contributed by atoms with Gasteiger partial charge in [-0.3, -0.25) is 0 Å². The molecule has 0 spiro atoms. The summed E-state index contributed by atoms with van der Waals surface area (Å²) < 4.78 is 6.54. The van der Waals surface area contributed by atoms with Gasteiger partial charge < -0.3 is 4.57 Å². The van der Waals surface area contributed by atoms with Crippen LogP contribution in [0.15, 0.2) is 152 Å². The highest BCUT2D eigenvalue weighted by atomic mass is 15.4. The predicted molar refractivity (Wildman–Crippen MR) is 217 cm³/mol. The van der Waals surface area contributed by atoms with Crippen molar-refractivity contribution in [2.24, 2.45) is 21.1 Å². The molecule has 4 heteroatoms. The van der Waals surface area contributed by atoms with Gasteiger partial charge in [0.1, 0.15) is 11.3 Å². The molecule has 0 bridgehead atoms. The molecule has 0 fully saturated rings. The summed E-state index contributed by atoms with van der Waals surface area (Å²) in [6, 6.07) is 53.9. The number of rotatable bonds is 4. The second kappa shape index (κ2) is 11.5. The van der Waals surface area contributed by atoms with Gasteiger partial charge in [0.25, 0.3) is 0 Å². The van der Waals surface area contributed by atoms with Crippen LogP contribution >= 0.6 is 0 Å². The van der Waals surface area contributed by atoms with Crippen LogP contribution < -0.4 is 4.68 Å². The third-order valence-electron chi connectivity index (χ3n) is 11.2. The van der Waals surface area contributed by atoms with E-state index in [4.69, 9.17) is 4.98 Å². The number of hydrogen-bond acceptors (Lipinski definition) is 1. The minimum absolute atomic E-state index is 1.01. The van der Waals surface area contributed by atoms with E-state index in [0.29, 0.717) is 0 Å². The Bertz CT molecular complexity index is 2910. The minimum atomic E-state index is 1.01. The van der Waals surface area contributed by atoms with E-state index in [9.17, 15) is 0 Å². The Morgan fingerprint density at radius 2 is 1.12 bits per heavy atom. The fourth-order valence-corrected chi connectivity index (χ4v) is 8.38. The zero-order valence-electron chi connectivity index (χ0n) is 29.7. The number of nitrogens with zero attached hydrogens (tertiary/aromatic N) is 4. The smallest absolute Gasteiger partial charge is 0.203 e. The van der Waals surface area contributed by atoms with Crippen molar-refractivity contribution in [3.63, 3.8) is 0 Å². The number of imidazole rings is 1. The van der Waals surface area contributed by atoms with Crippen LogP contribution in [0.1, 0.15) is 5.82 Å². The number of benzene rings is 8. The fourth-order valence-electron chi connectivity index (χ4n) is 8.38. The molecule has 0 radical (unpaired) electrons. The minimum Gasteiger partial charge on any atom is -0.331 e. The van der Waals surface area contributed by atoms with Crippen LogP contribution in [0.2, 0.25) is 0 Å². The van der Waals surface area contributed by atoms with E-state index in [1.165, 1.54) is 87.7 Å². The largest absolute Gasteiger partial charge is 0.331 e. The lowest BCUT2D eigenvalue weighted by molar-refractivity contribution is -0.748. The summed E-state index contributed by atoms with van der Waals surface area (Å²) in [6.45, 7) is 2.07. The lowest BCUT2D eigenvalue weighted by Crippen LogP contribution is -2.35. The van der Waals surface area contributed by atoms with Gasteiger partial charge >= 0.3 is 0 Å². The third-order valence-corrected chi connectivity index (χ3v) is 11.2. The first kappa shape index (κ1) is 30.3. The van der Waals surface area contributed by atoms with Crippen LogP contribution in [0.25, 0.3) is 98.8 Å². The molecule has 248 valence electrons. The molecule has 0 saturated carbocycles. The first-order valence-corrected chi connectivity index (χ1v) is 17.9. The maximum atomic E-state index is 4.81. The van der Waals surface area contributed by atoms with Crippen molar-refractivity contribution >= 4 is 54.3 Å². The van der Waals surface area contributed by atoms with Gasteiger partial charge in [0.2, 0.25) is 6.20 Å². The molecule has 2 heterocycles. The van der Waals surface area contributed by atoms with E-state index in [1.54, 1.807) is 0 Å². The Morgan fingerprint density at radius 1 is 0.481 bits per heavy atom. The van der Waals surface area contributed by atoms with E-state index in [1.807, 2.05) is 0 Å². The van der Waals surface area contributed by atoms with E-state index < -0.39 is 0 Å². The standard InChI is InChI=1S/C48H37N4/c1-30-49-44-25-23-34(27-46(44)51(30)3)37-17-11-19-41-43(37)28-42-36(33-20-21-35-29-50(2)52(4)45(35)26-33)16-10-18-40(42)48(41)47-38-15-9-8-14-32(38)22-24-39(47)31-12-6-5-7-13-31/h5-29H,1-4H3/q+1. The lowest BCUT2D eigenvalue weighted by Gasteiger charge is -2.21. The summed E-state index contributed by atoms with van der Waals surface area (Å²) in [5.41, 5.74) is 13.1.